The molecule has 0 unspecified atom stereocenters. The van der Waals surface area contributed by atoms with Gasteiger partial charge in [0.1, 0.15) is 12.2 Å². The minimum absolute atomic E-state index is 0.0399. The molecular formula is C17H21N3O3S. The third kappa shape index (κ3) is 4.44. The SMILES string of the molecule is CCOC(=O)Cc1nnc(SCC(=O)c2ccc(C)c(C)c2)n1C. The molecule has 0 N–H and O–H groups in total. The van der Waals surface area contributed by atoms with Gasteiger partial charge in [0, 0.05) is 12.6 Å². The molecule has 7 heteroatoms. The van der Waals surface area contributed by atoms with Crippen LogP contribution in [-0.4, -0.2) is 38.9 Å². The average molecular weight is 347 g/mol. The van der Waals surface area contributed by atoms with Gasteiger partial charge in [0.25, 0.3) is 0 Å². The Morgan fingerprint density at radius 3 is 2.62 bits per heavy atom. The Morgan fingerprint density at radius 1 is 1.21 bits per heavy atom. The van der Waals surface area contributed by atoms with Gasteiger partial charge in [-0.2, -0.15) is 0 Å². The molecule has 0 aliphatic heterocycles. The number of ketones is 1. The van der Waals surface area contributed by atoms with Gasteiger partial charge in [-0.05, 0) is 38.0 Å². The van der Waals surface area contributed by atoms with Crippen molar-refractivity contribution >= 4 is 23.5 Å². The Balaban J connectivity index is 1.99. The monoisotopic (exact) mass is 347 g/mol. The molecule has 0 aliphatic carbocycles. The highest BCUT2D eigenvalue weighted by Gasteiger charge is 2.15. The molecule has 0 bridgehead atoms. The van der Waals surface area contributed by atoms with Gasteiger partial charge in [-0.15, -0.1) is 10.2 Å². The summed E-state index contributed by atoms with van der Waals surface area (Å²) in [4.78, 5) is 23.8. The molecule has 24 heavy (non-hydrogen) atoms. The van der Waals surface area contributed by atoms with Crippen molar-refractivity contribution in [1.82, 2.24) is 14.8 Å². The van der Waals surface area contributed by atoms with Gasteiger partial charge in [-0.25, -0.2) is 0 Å². The minimum Gasteiger partial charge on any atom is -0.466 e. The van der Waals surface area contributed by atoms with Gasteiger partial charge in [0.05, 0.1) is 12.4 Å². The summed E-state index contributed by atoms with van der Waals surface area (Å²) in [7, 11) is 1.78. The number of rotatable bonds is 7. The van der Waals surface area contributed by atoms with E-state index in [-0.39, 0.29) is 23.9 Å². The van der Waals surface area contributed by atoms with Gasteiger partial charge in [-0.1, -0.05) is 23.9 Å². The number of carbonyl (C=O) groups excluding carboxylic acids is 2. The van der Waals surface area contributed by atoms with Crippen molar-refractivity contribution in [3.8, 4) is 0 Å². The second kappa shape index (κ2) is 8.10. The minimum atomic E-state index is -0.337. The Hall–Kier alpha value is -2.15. The van der Waals surface area contributed by atoms with Crippen LogP contribution in [0.2, 0.25) is 0 Å². The predicted octanol–water partition coefficient (Wildman–Crippen LogP) is 2.51. The van der Waals surface area contributed by atoms with Crippen LogP contribution in [0.5, 0.6) is 0 Å². The molecule has 128 valence electrons. The maximum Gasteiger partial charge on any atom is 0.313 e. The number of esters is 1. The van der Waals surface area contributed by atoms with Gasteiger partial charge in [0.2, 0.25) is 0 Å². The third-order valence-corrected chi connectivity index (χ3v) is 4.71. The smallest absolute Gasteiger partial charge is 0.313 e. The molecule has 0 atom stereocenters. The van der Waals surface area contributed by atoms with E-state index in [2.05, 4.69) is 10.2 Å². The molecule has 1 heterocycles. The van der Waals surface area contributed by atoms with E-state index < -0.39 is 0 Å². The van der Waals surface area contributed by atoms with Crippen LogP contribution in [-0.2, 0) is 23.0 Å². The van der Waals surface area contributed by atoms with Crippen LogP contribution in [0.1, 0.15) is 34.2 Å². The Labute approximate surface area is 145 Å². The van der Waals surface area contributed by atoms with Crippen molar-refractivity contribution in [2.24, 2.45) is 7.05 Å². The van der Waals surface area contributed by atoms with Crippen molar-refractivity contribution in [1.29, 1.82) is 0 Å². The fourth-order valence-corrected chi connectivity index (χ4v) is 2.92. The molecule has 0 amide bonds. The second-order valence-electron chi connectivity index (χ2n) is 5.45. The standard InChI is InChI=1S/C17H21N3O3S/c1-5-23-16(22)9-15-18-19-17(20(15)4)24-10-14(21)13-7-6-11(2)12(3)8-13/h6-8H,5,9-10H2,1-4H3. The van der Waals surface area contributed by atoms with Gasteiger partial charge < -0.3 is 9.30 Å². The summed E-state index contributed by atoms with van der Waals surface area (Å²) in [5.41, 5.74) is 2.96. The lowest BCUT2D eigenvalue weighted by atomic mass is 10.0. The maximum atomic E-state index is 12.3. The lowest BCUT2D eigenvalue weighted by molar-refractivity contribution is -0.142. The van der Waals surface area contributed by atoms with E-state index in [1.807, 2.05) is 32.0 Å². The first-order valence-electron chi connectivity index (χ1n) is 7.69. The fraction of sp³-hybridized carbons (Fsp3) is 0.412. The van der Waals surface area contributed by atoms with Crippen LogP contribution in [0.3, 0.4) is 0 Å². The molecule has 0 saturated carbocycles. The second-order valence-corrected chi connectivity index (χ2v) is 6.39. The van der Waals surface area contributed by atoms with Crippen molar-refractivity contribution in [3.05, 3.63) is 40.7 Å². The van der Waals surface area contributed by atoms with E-state index in [9.17, 15) is 9.59 Å². The van der Waals surface area contributed by atoms with Gasteiger partial charge in [-0.3, -0.25) is 9.59 Å². The molecule has 2 aromatic rings. The number of carbonyl (C=O) groups is 2. The lowest BCUT2D eigenvalue weighted by Crippen LogP contribution is -2.11. The number of aromatic nitrogens is 3. The van der Waals surface area contributed by atoms with E-state index in [0.29, 0.717) is 23.2 Å². The molecule has 1 aromatic carbocycles. The number of hydrogen-bond acceptors (Lipinski definition) is 6. The summed E-state index contributed by atoms with van der Waals surface area (Å²) in [6, 6.07) is 5.70. The summed E-state index contributed by atoms with van der Waals surface area (Å²) >= 11 is 1.31. The van der Waals surface area contributed by atoms with Crippen LogP contribution in [0.4, 0.5) is 0 Å². The Bertz CT molecular complexity index is 756. The summed E-state index contributed by atoms with van der Waals surface area (Å²) in [5.74, 6) is 0.497. The number of benzene rings is 1. The Kier molecular flexibility index (Phi) is 6.14. The summed E-state index contributed by atoms with van der Waals surface area (Å²) < 4.78 is 6.62. The quantitative estimate of drug-likeness (QED) is 0.435. The van der Waals surface area contributed by atoms with Crippen molar-refractivity contribution in [2.45, 2.75) is 32.3 Å². The van der Waals surface area contributed by atoms with Crippen LogP contribution in [0, 0.1) is 13.8 Å². The third-order valence-electron chi connectivity index (χ3n) is 3.69. The van der Waals surface area contributed by atoms with Crippen molar-refractivity contribution in [2.75, 3.05) is 12.4 Å². The maximum absolute atomic E-state index is 12.3. The number of nitrogens with zero attached hydrogens (tertiary/aromatic N) is 3. The predicted molar refractivity (Wildman–Crippen MR) is 92.3 cm³/mol. The van der Waals surface area contributed by atoms with E-state index >= 15 is 0 Å². The van der Waals surface area contributed by atoms with Crippen LogP contribution < -0.4 is 0 Å². The van der Waals surface area contributed by atoms with E-state index in [1.54, 1.807) is 18.5 Å². The van der Waals surface area contributed by atoms with Gasteiger partial charge in [0.15, 0.2) is 10.9 Å². The molecule has 0 aliphatic rings. The molecule has 0 spiro atoms. The normalized spacial score (nSPS) is 10.7. The molecule has 2 rings (SSSR count). The summed E-state index contributed by atoms with van der Waals surface area (Å²) in [5, 5.41) is 8.64. The highest BCUT2D eigenvalue weighted by atomic mass is 32.2. The number of Topliss-reactive ketones (excluding diaryl/α,β-unsaturated/α-hetero) is 1. The van der Waals surface area contributed by atoms with Crippen molar-refractivity contribution in [3.63, 3.8) is 0 Å². The zero-order valence-electron chi connectivity index (χ0n) is 14.3. The van der Waals surface area contributed by atoms with Crippen LogP contribution in [0.25, 0.3) is 0 Å². The first-order valence-corrected chi connectivity index (χ1v) is 8.68. The largest absolute Gasteiger partial charge is 0.466 e. The van der Waals surface area contributed by atoms with E-state index in [1.165, 1.54) is 11.8 Å². The topological polar surface area (TPSA) is 74.1 Å². The lowest BCUT2D eigenvalue weighted by Gasteiger charge is -2.05. The molecular weight excluding hydrogens is 326 g/mol. The number of thioether (sulfide) groups is 1. The molecule has 0 radical (unpaired) electrons. The molecule has 0 saturated heterocycles. The zero-order chi connectivity index (χ0) is 17.7. The fourth-order valence-electron chi connectivity index (χ4n) is 2.09. The summed E-state index contributed by atoms with van der Waals surface area (Å²) in [6.45, 7) is 6.10. The molecule has 6 nitrogen and oxygen atoms in total. The van der Waals surface area contributed by atoms with Crippen LogP contribution in [0.15, 0.2) is 23.4 Å². The number of ether oxygens (including phenoxy) is 1. The average Bonchev–Trinajstić information content (AvgIpc) is 2.88. The van der Waals surface area contributed by atoms with Crippen LogP contribution >= 0.6 is 11.8 Å². The molecule has 1 aromatic heterocycles. The highest BCUT2D eigenvalue weighted by molar-refractivity contribution is 7.99. The molecule has 0 fully saturated rings. The zero-order valence-corrected chi connectivity index (χ0v) is 15.1. The summed E-state index contributed by atoms with van der Waals surface area (Å²) in [6.07, 6.45) is 0.0724. The number of aryl methyl sites for hydroxylation is 2. The Morgan fingerprint density at radius 2 is 1.96 bits per heavy atom. The highest BCUT2D eigenvalue weighted by Crippen LogP contribution is 2.19. The van der Waals surface area contributed by atoms with Crippen molar-refractivity contribution < 1.29 is 14.3 Å². The van der Waals surface area contributed by atoms with Gasteiger partial charge >= 0.3 is 5.97 Å². The first kappa shape index (κ1) is 18.2. The van der Waals surface area contributed by atoms with E-state index in [4.69, 9.17) is 4.74 Å². The first-order chi connectivity index (χ1) is 11.4. The number of hydrogen-bond donors (Lipinski definition) is 0. The van der Waals surface area contributed by atoms with E-state index in [0.717, 1.165) is 11.1 Å².